The van der Waals surface area contributed by atoms with Crippen LogP contribution < -0.4 is 49.1 Å². The molecule has 6 amide bonds. The lowest BCUT2D eigenvalue weighted by molar-refractivity contribution is -0.143. The first-order chi connectivity index (χ1) is 26.9. The number of guanidine groups is 1. The number of thiol groups is 1. The molecule has 0 saturated carbocycles. The van der Waals surface area contributed by atoms with Crippen molar-refractivity contribution in [2.45, 2.75) is 75.8 Å². The van der Waals surface area contributed by atoms with Crippen LogP contribution in [0.1, 0.15) is 38.7 Å². The third-order valence-corrected chi connectivity index (χ3v) is 8.75. The monoisotopic (exact) mass is 821 g/mol. The van der Waals surface area contributed by atoms with E-state index >= 15 is 0 Å². The molecular weight excluding hydrogens is 771 g/mol. The smallest absolute Gasteiger partial charge is 0.326 e. The van der Waals surface area contributed by atoms with Gasteiger partial charge in [0.05, 0.1) is 19.6 Å². The molecular formula is C34H51N11O11S. The molecule has 314 valence electrons. The molecule has 0 unspecified atom stereocenters. The van der Waals surface area contributed by atoms with Gasteiger partial charge >= 0.3 is 11.9 Å². The zero-order chi connectivity index (χ0) is 42.8. The number of aliphatic hydroxyl groups is 1. The van der Waals surface area contributed by atoms with Gasteiger partial charge in [0.15, 0.2) is 5.96 Å². The molecule has 0 aliphatic carbocycles. The first kappa shape index (κ1) is 47.2. The van der Waals surface area contributed by atoms with E-state index in [4.69, 9.17) is 17.2 Å². The van der Waals surface area contributed by atoms with Crippen LogP contribution in [-0.2, 0) is 44.8 Å². The molecule has 0 radical (unpaired) electrons. The SMILES string of the molecule is CC(C)[C@H](NC(=O)CN)C(=O)N[C@@H](CS)C(=O)N[C@@H](CO)C(=O)N[C@@H](CC(=O)O)C(=O)N[C@@H](Cc1c[nH]c2ccccc12)C(=O)N[C@@H](CCCN=C(N)N)C(=O)O. The minimum atomic E-state index is -1.88. The minimum absolute atomic E-state index is 0.0702. The molecule has 0 spiro atoms. The molecule has 1 heterocycles. The van der Waals surface area contributed by atoms with Crippen LogP contribution in [0.4, 0.5) is 0 Å². The van der Waals surface area contributed by atoms with Crippen molar-refractivity contribution in [3.05, 3.63) is 36.0 Å². The van der Waals surface area contributed by atoms with Gasteiger partial charge in [0, 0.05) is 35.8 Å². The van der Waals surface area contributed by atoms with E-state index in [0.717, 1.165) is 0 Å². The second kappa shape index (κ2) is 23.2. The summed E-state index contributed by atoms with van der Waals surface area (Å²) in [5.41, 5.74) is 17.2. The van der Waals surface area contributed by atoms with E-state index < -0.39 is 109 Å². The number of nitrogens with one attached hydrogen (secondary N) is 7. The highest BCUT2D eigenvalue weighted by Gasteiger charge is 2.34. The Bertz CT molecular complexity index is 1780. The number of aliphatic carboxylic acids is 2. The number of hydrogen-bond donors (Lipinski definition) is 14. The predicted octanol–water partition coefficient (Wildman–Crippen LogP) is -4.23. The van der Waals surface area contributed by atoms with E-state index in [9.17, 15) is 53.7 Å². The van der Waals surface area contributed by atoms with Gasteiger partial charge in [0.1, 0.15) is 36.3 Å². The first-order valence-corrected chi connectivity index (χ1v) is 18.3. The van der Waals surface area contributed by atoms with Crippen LogP contribution >= 0.6 is 12.6 Å². The maximum absolute atomic E-state index is 13.7. The number of rotatable bonds is 24. The van der Waals surface area contributed by atoms with Crippen LogP contribution in [-0.4, -0.2) is 135 Å². The highest BCUT2D eigenvalue weighted by Crippen LogP contribution is 2.19. The number of carbonyl (C=O) groups excluding carboxylic acids is 6. The van der Waals surface area contributed by atoms with Crippen molar-refractivity contribution in [2.24, 2.45) is 28.1 Å². The molecule has 0 aliphatic heterocycles. The number of H-pyrrole nitrogens is 1. The van der Waals surface area contributed by atoms with Gasteiger partial charge in [-0.25, -0.2) is 4.79 Å². The Labute approximate surface area is 332 Å². The summed E-state index contributed by atoms with van der Waals surface area (Å²) in [5, 5.41) is 44.1. The molecule has 0 aliphatic rings. The Morgan fingerprint density at radius 3 is 1.93 bits per heavy atom. The highest BCUT2D eigenvalue weighted by molar-refractivity contribution is 7.80. The third kappa shape index (κ3) is 15.3. The molecule has 0 bridgehead atoms. The van der Waals surface area contributed by atoms with E-state index in [-0.39, 0.29) is 37.5 Å². The third-order valence-electron chi connectivity index (χ3n) is 8.39. The molecule has 0 fully saturated rings. The largest absolute Gasteiger partial charge is 0.481 e. The van der Waals surface area contributed by atoms with Crippen molar-refractivity contribution in [1.82, 2.24) is 36.9 Å². The molecule has 0 saturated heterocycles. The fourth-order valence-corrected chi connectivity index (χ4v) is 5.64. The average Bonchev–Trinajstić information content (AvgIpc) is 3.56. The van der Waals surface area contributed by atoms with E-state index in [1.165, 1.54) is 0 Å². The van der Waals surface area contributed by atoms with Crippen molar-refractivity contribution in [3.63, 3.8) is 0 Å². The lowest BCUT2D eigenvalue weighted by Gasteiger charge is -2.26. The molecule has 2 aromatic rings. The van der Waals surface area contributed by atoms with Crippen LogP contribution in [0, 0.1) is 5.92 Å². The maximum Gasteiger partial charge on any atom is 0.326 e. The van der Waals surface area contributed by atoms with Crippen LogP contribution in [0.3, 0.4) is 0 Å². The summed E-state index contributed by atoms with van der Waals surface area (Å²) in [4.78, 5) is 109. The van der Waals surface area contributed by atoms with Crippen LogP contribution in [0.2, 0.25) is 0 Å². The second-order valence-corrected chi connectivity index (χ2v) is 13.5. The summed E-state index contributed by atoms with van der Waals surface area (Å²) in [6.45, 7) is 1.90. The molecule has 16 N–H and O–H groups in total. The van der Waals surface area contributed by atoms with Crippen LogP contribution in [0.25, 0.3) is 10.9 Å². The van der Waals surface area contributed by atoms with E-state index in [1.807, 2.05) is 0 Å². The number of aliphatic hydroxyl groups excluding tert-OH is 1. The molecule has 57 heavy (non-hydrogen) atoms. The number of fused-ring (bicyclic) bond motifs is 1. The number of para-hydroxylation sites is 1. The minimum Gasteiger partial charge on any atom is -0.481 e. The average molecular weight is 822 g/mol. The van der Waals surface area contributed by atoms with Crippen molar-refractivity contribution >= 4 is 76.9 Å². The fraction of sp³-hybridized carbons (Fsp3) is 0.500. The fourth-order valence-electron chi connectivity index (χ4n) is 5.38. The number of benzene rings is 1. The lowest BCUT2D eigenvalue weighted by atomic mass is 10.0. The Kier molecular flexibility index (Phi) is 19.2. The van der Waals surface area contributed by atoms with Gasteiger partial charge < -0.3 is 69.4 Å². The molecule has 1 aromatic heterocycles. The number of carboxylic acid groups (broad SMARTS) is 2. The Hall–Kier alpha value is -5.94. The van der Waals surface area contributed by atoms with Crippen molar-refractivity contribution in [1.29, 1.82) is 0 Å². The van der Waals surface area contributed by atoms with E-state index in [1.54, 1.807) is 44.3 Å². The molecule has 6 atom stereocenters. The van der Waals surface area contributed by atoms with Gasteiger partial charge in [-0.2, -0.15) is 12.6 Å². The number of nitrogens with two attached hydrogens (primary N) is 3. The zero-order valence-electron chi connectivity index (χ0n) is 31.3. The second-order valence-electron chi connectivity index (χ2n) is 13.1. The highest BCUT2D eigenvalue weighted by atomic mass is 32.1. The van der Waals surface area contributed by atoms with Gasteiger partial charge in [0.25, 0.3) is 0 Å². The van der Waals surface area contributed by atoms with Crippen LogP contribution in [0.15, 0.2) is 35.5 Å². The molecule has 1 aromatic carbocycles. The van der Waals surface area contributed by atoms with Crippen LogP contribution in [0.5, 0.6) is 0 Å². The quantitative estimate of drug-likeness (QED) is 0.0207. The van der Waals surface area contributed by atoms with Gasteiger partial charge in [-0.3, -0.25) is 38.6 Å². The Morgan fingerprint density at radius 2 is 1.35 bits per heavy atom. The van der Waals surface area contributed by atoms with Crippen molar-refractivity contribution in [2.75, 3.05) is 25.4 Å². The molecule has 22 nitrogen and oxygen atoms in total. The summed E-state index contributed by atoms with van der Waals surface area (Å²) in [6.07, 6.45) is 0.407. The predicted molar refractivity (Wildman–Crippen MR) is 208 cm³/mol. The van der Waals surface area contributed by atoms with Gasteiger partial charge in [-0.15, -0.1) is 0 Å². The number of hydrogen-bond acceptors (Lipinski definition) is 12. The normalized spacial score (nSPS) is 14.1. The van der Waals surface area contributed by atoms with Gasteiger partial charge in [0.2, 0.25) is 35.4 Å². The molecule has 23 heteroatoms. The standard InChI is InChI=1S/C34H51N11O11S/c1-16(2)27(45-25(47)12-35)32(54)44-24(15-57)31(53)43-23(14-46)30(52)42-22(11-26(48)49)29(51)41-21(10-17-13-39-19-7-4-3-6-18(17)19)28(50)40-20(33(55)56)8-5-9-38-34(36)37/h3-4,6-7,13,16,20-24,27,39,46,57H,5,8-12,14-15,35H2,1-2H3,(H,40,50)(H,41,51)(H,42,52)(H,43,53)(H,44,54)(H,45,47)(H,48,49)(H,55,56)(H4,36,37,38)/t20-,21-,22-,23-,24-,27-/m0/s1. The number of carbonyl (C=O) groups is 8. The molecule has 2 rings (SSSR count). The Balaban J connectivity index is 2.30. The first-order valence-electron chi connectivity index (χ1n) is 17.7. The van der Waals surface area contributed by atoms with Crippen molar-refractivity contribution < 1.29 is 53.7 Å². The van der Waals surface area contributed by atoms with Gasteiger partial charge in [-0.05, 0) is 30.4 Å². The van der Waals surface area contributed by atoms with E-state index in [0.29, 0.717) is 16.5 Å². The Morgan fingerprint density at radius 1 is 0.789 bits per heavy atom. The number of aromatic nitrogens is 1. The number of aromatic amines is 1. The number of aliphatic imine (C=N–C) groups is 1. The summed E-state index contributed by atoms with van der Waals surface area (Å²) in [5.74, 6) is -9.60. The summed E-state index contributed by atoms with van der Waals surface area (Å²) >= 11 is 4.08. The van der Waals surface area contributed by atoms with Gasteiger partial charge in [-0.1, -0.05) is 32.0 Å². The number of nitrogens with zero attached hydrogens (tertiary/aromatic N) is 1. The zero-order valence-corrected chi connectivity index (χ0v) is 32.2. The lowest BCUT2D eigenvalue weighted by Crippen LogP contribution is -2.61. The summed E-state index contributed by atoms with van der Waals surface area (Å²) < 4.78 is 0. The number of carboxylic acids is 2. The topological polar surface area (TPSA) is 376 Å². The summed E-state index contributed by atoms with van der Waals surface area (Å²) in [7, 11) is 0. The van der Waals surface area contributed by atoms with Crippen molar-refractivity contribution in [3.8, 4) is 0 Å². The number of amides is 6. The maximum atomic E-state index is 13.7. The summed E-state index contributed by atoms with van der Waals surface area (Å²) in [6, 6.07) is -2.09. The van der Waals surface area contributed by atoms with E-state index in [2.05, 4.69) is 54.5 Å².